The van der Waals surface area contributed by atoms with Gasteiger partial charge in [-0.05, 0) is 73.7 Å². The summed E-state index contributed by atoms with van der Waals surface area (Å²) in [4.78, 5) is 0. The van der Waals surface area contributed by atoms with E-state index in [1.165, 1.54) is 54.6 Å². The lowest BCUT2D eigenvalue weighted by Crippen LogP contribution is -1.94. The molecule has 0 amide bonds. The zero-order valence-electron chi connectivity index (χ0n) is 23.4. The minimum atomic E-state index is -0.337. The second-order valence-electron chi connectivity index (χ2n) is 10.2. The van der Waals surface area contributed by atoms with E-state index in [9.17, 15) is 35.7 Å². The Bertz CT molecular complexity index is 1720. The van der Waals surface area contributed by atoms with Gasteiger partial charge in [-0.2, -0.15) is 0 Å². The molecule has 0 saturated heterocycles. The van der Waals surface area contributed by atoms with E-state index in [4.69, 9.17) is 39.5 Å². The Morgan fingerprint density at radius 3 is 1.80 bits per heavy atom. The molecular weight excluding hydrogens is 631 g/mol. The highest BCUT2D eigenvalue weighted by atomic mass is 35.5. The summed E-state index contributed by atoms with van der Waals surface area (Å²) >= 11 is 18.4. The minimum Gasteiger partial charge on any atom is -0.508 e. The third-order valence-electron chi connectivity index (χ3n) is 6.63. The number of phenols is 7. The van der Waals surface area contributed by atoms with Crippen LogP contribution in [0.4, 0.5) is 0 Å². The predicted octanol–water partition coefficient (Wildman–Crippen LogP) is 8.36. The Morgan fingerprint density at radius 1 is 0.614 bits per heavy atom. The highest BCUT2D eigenvalue weighted by molar-refractivity contribution is 6.32. The van der Waals surface area contributed by atoms with Gasteiger partial charge in [0.25, 0.3) is 0 Å². The van der Waals surface area contributed by atoms with E-state index in [0.717, 1.165) is 5.57 Å². The molecule has 7 N–H and O–H groups in total. The van der Waals surface area contributed by atoms with Crippen LogP contribution in [-0.2, 0) is 25.7 Å². The third-order valence-corrected chi connectivity index (χ3v) is 7.52. The Labute approximate surface area is 268 Å². The molecule has 0 aliphatic carbocycles. The smallest absolute Gasteiger partial charge is 0.210 e. The zero-order chi connectivity index (χ0) is 32.1. The normalized spacial score (nSPS) is 12.0. The van der Waals surface area contributed by atoms with Crippen molar-refractivity contribution in [2.24, 2.45) is 0 Å². The van der Waals surface area contributed by atoms with Crippen LogP contribution < -0.4 is 4.74 Å². The number of hydrogen-bond acceptors (Lipinski definition) is 8. The van der Waals surface area contributed by atoms with Crippen LogP contribution in [-0.4, -0.2) is 35.7 Å². The molecule has 0 fully saturated rings. The van der Waals surface area contributed by atoms with Crippen molar-refractivity contribution < 1.29 is 40.5 Å². The van der Waals surface area contributed by atoms with Gasteiger partial charge in [0.2, 0.25) is 5.75 Å². The first-order valence-corrected chi connectivity index (χ1v) is 14.4. The molecule has 0 bridgehead atoms. The van der Waals surface area contributed by atoms with Crippen LogP contribution in [0.1, 0.15) is 29.2 Å². The summed E-state index contributed by atoms with van der Waals surface area (Å²) in [5.74, 6) is -1.31. The number of allylic oxidation sites excluding steroid dienone is 4. The largest absolute Gasteiger partial charge is 0.508 e. The Hall–Kier alpha value is -4.37. The maximum atomic E-state index is 10.7. The van der Waals surface area contributed by atoms with Crippen LogP contribution in [0.25, 0.3) is 0 Å². The molecule has 4 aromatic carbocycles. The zero-order valence-corrected chi connectivity index (χ0v) is 25.6. The van der Waals surface area contributed by atoms with Gasteiger partial charge < -0.3 is 40.5 Å². The molecule has 0 heterocycles. The first-order chi connectivity index (χ1) is 20.8. The molecule has 0 saturated carbocycles. The van der Waals surface area contributed by atoms with Gasteiger partial charge >= 0.3 is 0 Å². The molecule has 0 aromatic heterocycles. The summed E-state index contributed by atoms with van der Waals surface area (Å²) in [5.41, 5.74) is 2.93. The predicted molar refractivity (Wildman–Crippen MR) is 170 cm³/mol. The molecule has 44 heavy (non-hydrogen) atoms. The van der Waals surface area contributed by atoms with Crippen LogP contribution in [0.15, 0.2) is 77.4 Å². The maximum Gasteiger partial charge on any atom is 0.210 e. The lowest BCUT2D eigenvalue weighted by Gasteiger charge is -2.14. The fraction of sp³-hybridized carbons (Fsp3) is 0.152. The number of ether oxygens (including phenoxy) is 1. The van der Waals surface area contributed by atoms with Crippen LogP contribution in [0.5, 0.6) is 51.7 Å². The lowest BCUT2D eigenvalue weighted by atomic mass is 10.0. The summed E-state index contributed by atoms with van der Waals surface area (Å²) in [5, 5.41) is 71.5. The van der Waals surface area contributed by atoms with Crippen molar-refractivity contribution in [1.29, 1.82) is 0 Å². The van der Waals surface area contributed by atoms with E-state index >= 15 is 0 Å². The van der Waals surface area contributed by atoms with Crippen molar-refractivity contribution in [2.75, 3.05) is 0 Å². The summed E-state index contributed by atoms with van der Waals surface area (Å²) in [6.07, 6.45) is 4.58. The van der Waals surface area contributed by atoms with Crippen molar-refractivity contribution >= 4 is 34.8 Å². The van der Waals surface area contributed by atoms with E-state index in [1.54, 1.807) is 6.08 Å². The maximum absolute atomic E-state index is 10.7. The van der Waals surface area contributed by atoms with Crippen LogP contribution in [0.3, 0.4) is 0 Å². The fourth-order valence-corrected chi connectivity index (χ4v) is 5.07. The van der Waals surface area contributed by atoms with Gasteiger partial charge in [-0.3, -0.25) is 0 Å². The van der Waals surface area contributed by atoms with Gasteiger partial charge in [0.05, 0.1) is 10.0 Å². The fourth-order valence-electron chi connectivity index (χ4n) is 4.48. The van der Waals surface area contributed by atoms with Gasteiger partial charge in [-0.25, -0.2) is 0 Å². The number of hydrogen-bond donors (Lipinski definition) is 7. The van der Waals surface area contributed by atoms with Crippen LogP contribution in [0, 0.1) is 0 Å². The molecule has 0 radical (unpaired) electrons. The first-order valence-electron chi connectivity index (χ1n) is 13.3. The van der Waals surface area contributed by atoms with E-state index in [1.807, 2.05) is 13.0 Å². The van der Waals surface area contributed by atoms with Gasteiger partial charge in [-0.15, -0.1) is 0 Å². The second kappa shape index (κ2) is 13.9. The number of rotatable bonds is 10. The van der Waals surface area contributed by atoms with Crippen molar-refractivity contribution in [3.63, 3.8) is 0 Å². The van der Waals surface area contributed by atoms with Crippen LogP contribution in [0.2, 0.25) is 10.0 Å². The summed E-state index contributed by atoms with van der Waals surface area (Å²) in [7, 11) is 0. The third kappa shape index (κ3) is 8.38. The van der Waals surface area contributed by atoms with E-state index in [-0.39, 0.29) is 74.6 Å². The number of phenolic OH excluding ortho intramolecular Hbond substituents is 7. The topological polar surface area (TPSA) is 151 Å². The molecular formula is C33H29Cl3O8. The van der Waals surface area contributed by atoms with E-state index < -0.39 is 0 Å². The molecule has 0 aliphatic heterocycles. The van der Waals surface area contributed by atoms with Crippen molar-refractivity contribution in [1.82, 2.24) is 0 Å². The molecule has 0 aliphatic rings. The second-order valence-corrected chi connectivity index (χ2v) is 11.5. The molecule has 0 unspecified atom stereocenters. The average molecular weight is 660 g/mol. The van der Waals surface area contributed by atoms with E-state index in [0.29, 0.717) is 40.1 Å². The first kappa shape index (κ1) is 32.5. The van der Waals surface area contributed by atoms with Gasteiger partial charge in [-0.1, -0.05) is 52.5 Å². The standard InChI is InChI=1S/C33H29Cl3O8/c1-17(2-3-20-12-29(41)25(35)15-27(20)39)6-18-10-30(42)33(31(43)11-18)44-32-13-21(28(40)16-26(32)36)4-5-22(34)7-19-8-23(37)14-24(38)9-19/h2,5,8-16,37-43H,3-4,6-7H2,1H3/b17-2-,22-5+. The highest BCUT2D eigenvalue weighted by Crippen LogP contribution is 2.44. The lowest BCUT2D eigenvalue weighted by molar-refractivity contribution is 0.375. The number of benzene rings is 4. The van der Waals surface area contributed by atoms with E-state index in [2.05, 4.69) is 0 Å². The molecule has 4 rings (SSSR count). The van der Waals surface area contributed by atoms with Crippen molar-refractivity contribution in [3.05, 3.63) is 110 Å². The minimum absolute atomic E-state index is 0.0368. The van der Waals surface area contributed by atoms with Gasteiger partial charge in [0.1, 0.15) is 34.5 Å². The SMILES string of the molecule is C/C(=C/Cc1cc(O)c(Cl)cc1O)Cc1cc(O)c(Oc2cc(C/C=C(/Cl)Cc3cc(O)cc(O)c3)c(O)cc2Cl)c(O)c1. The molecule has 11 heteroatoms. The number of aromatic hydroxyl groups is 7. The molecule has 4 aromatic rings. The van der Waals surface area contributed by atoms with Crippen LogP contribution >= 0.6 is 34.8 Å². The molecule has 0 spiro atoms. The average Bonchev–Trinajstić information content (AvgIpc) is 2.92. The van der Waals surface area contributed by atoms with Crippen molar-refractivity contribution in [2.45, 2.75) is 32.6 Å². The molecule has 8 nitrogen and oxygen atoms in total. The van der Waals surface area contributed by atoms with Gasteiger partial charge in [0.15, 0.2) is 11.5 Å². The van der Waals surface area contributed by atoms with Gasteiger partial charge in [0, 0.05) is 40.8 Å². The number of halogens is 3. The summed E-state index contributed by atoms with van der Waals surface area (Å²) in [6, 6.07) is 12.4. The monoisotopic (exact) mass is 658 g/mol. The quantitative estimate of drug-likeness (QED) is 0.0663. The molecule has 0 atom stereocenters. The highest BCUT2D eigenvalue weighted by Gasteiger charge is 2.17. The Kier molecular flexibility index (Phi) is 10.3. The molecule has 230 valence electrons. The van der Waals surface area contributed by atoms with Crippen molar-refractivity contribution in [3.8, 4) is 51.7 Å². The Morgan fingerprint density at radius 2 is 1.16 bits per heavy atom. The Balaban J connectivity index is 1.47. The summed E-state index contributed by atoms with van der Waals surface area (Å²) in [6.45, 7) is 1.84. The summed E-state index contributed by atoms with van der Waals surface area (Å²) < 4.78 is 5.77.